The van der Waals surface area contributed by atoms with Crippen LogP contribution in [-0.4, -0.2) is 26.8 Å². The Morgan fingerprint density at radius 1 is 1.53 bits per heavy atom. The maximum atomic E-state index is 11.6. The van der Waals surface area contributed by atoms with E-state index >= 15 is 0 Å². The lowest BCUT2D eigenvalue weighted by Gasteiger charge is -2.32. The molecule has 0 aliphatic heterocycles. The number of H-pyrrole nitrogens is 1. The molecule has 1 aromatic rings. The molecule has 0 saturated heterocycles. The monoisotopic (exact) mass is 240 g/mol. The van der Waals surface area contributed by atoms with Crippen LogP contribution in [0.2, 0.25) is 0 Å². The number of nitrogens with one attached hydrogen (secondary N) is 2. The molecule has 1 aromatic heterocycles. The van der Waals surface area contributed by atoms with Gasteiger partial charge in [-0.2, -0.15) is 0 Å². The van der Waals surface area contributed by atoms with E-state index in [-0.39, 0.29) is 23.7 Å². The number of aliphatic hydroxyl groups is 1. The van der Waals surface area contributed by atoms with Gasteiger partial charge in [0.25, 0.3) is 5.56 Å². The Kier molecular flexibility index (Phi) is 2.93. The average Bonchev–Trinajstić information content (AvgIpc) is 2.21. The molecule has 2 rings (SSSR count). The Bertz CT molecular complexity index is 527. The minimum absolute atomic E-state index is 0.0382. The van der Waals surface area contributed by atoms with Crippen LogP contribution in [0.3, 0.4) is 0 Å². The van der Waals surface area contributed by atoms with Gasteiger partial charge in [-0.25, -0.2) is 4.79 Å². The molecule has 0 atom stereocenters. The molecule has 0 bridgehead atoms. The molecule has 1 saturated carbocycles. The van der Waals surface area contributed by atoms with Gasteiger partial charge >= 0.3 is 5.69 Å². The van der Waals surface area contributed by atoms with Crippen LogP contribution in [0.1, 0.15) is 19.8 Å². The van der Waals surface area contributed by atoms with Gasteiger partial charge in [0.1, 0.15) is 11.5 Å². The third-order valence-electron chi connectivity index (χ3n) is 3.02. The van der Waals surface area contributed by atoms with E-state index in [2.05, 4.69) is 10.3 Å². The first kappa shape index (κ1) is 11.7. The quantitative estimate of drug-likeness (QED) is 0.545. The number of nitrogen functional groups attached to an aromatic ring is 1. The highest BCUT2D eigenvalue weighted by atomic mass is 16.3. The fraction of sp³-hybridized carbons (Fsp3) is 0.600. The number of nitrogens with two attached hydrogens (primary N) is 1. The molecular formula is C10H16N4O3. The lowest BCUT2D eigenvalue weighted by Crippen LogP contribution is -2.42. The molecule has 17 heavy (non-hydrogen) atoms. The average molecular weight is 240 g/mol. The molecule has 7 heteroatoms. The summed E-state index contributed by atoms with van der Waals surface area (Å²) in [5, 5.41) is 12.1. The number of anilines is 2. The van der Waals surface area contributed by atoms with Crippen LogP contribution in [0.25, 0.3) is 0 Å². The van der Waals surface area contributed by atoms with Gasteiger partial charge in [0.05, 0.1) is 6.10 Å². The van der Waals surface area contributed by atoms with Crippen molar-refractivity contribution in [2.24, 2.45) is 0 Å². The predicted octanol–water partition coefficient (Wildman–Crippen LogP) is -0.926. The maximum Gasteiger partial charge on any atom is 0.330 e. The number of hydrogen-bond acceptors (Lipinski definition) is 5. The first-order valence-corrected chi connectivity index (χ1v) is 5.60. The number of hydrogen-bond donors (Lipinski definition) is 4. The van der Waals surface area contributed by atoms with Crippen molar-refractivity contribution in [1.29, 1.82) is 0 Å². The van der Waals surface area contributed by atoms with E-state index in [0.29, 0.717) is 19.4 Å². The zero-order valence-electron chi connectivity index (χ0n) is 9.56. The Morgan fingerprint density at radius 3 is 2.71 bits per heavy atom. The molecule has 1 aliphatic rings. The molecule has 1 aliphatic carbocycles. The van der Waals surface area contributed by atoms with Crippen LogP contribution in [0.5, 0.6) is 0 Å². The van der Waals surface area contributed by atoms with E-state index in [9.17, 15) is 9.59 Å². The molecule has 0 radical (unpaired) electrons. The van der Waals surface area contributed by atoms with Gasteiger partial charge in [0.2, 0.25) is 0 Å². The summed E-state index contributed by atoms with van der Waals surface area (Å²) in [6.45, 7) is 2.16. The third kappa shape index (κ3) is 2.05. The first-order valence-electron chi connectivity index (χ1n) is 5.60. The summed E-state index contributed by atoms with van der Waals surface area (Å²) in [4.78, 5) is 25.2. The van der Waals surface area contributed by atoms with Gasteiger partial charge in [-0.1, -0.05) is 0 Å². The summed E-state index contributed by atoms with van der Waals surface area (Å²) >= 11 is 0. The number of rotatable bonds is 3. The Balaban J connectivity index is 2.33. The normalized spacial score (nSPS) is 23.2. The van der Waals surface area contributed by atoms with Crippen LogP contribution >= 0.6 is 0 Å². The standard InChI is InChI=1S/C10H16N4O3/c1-2-14-8(11)7(9(16)13-10(14)17)12-5-3-6(15)4-5/h5-6,12,15H,2-4,11H2,1H3,(H,13,16,17). The number of aromatic amines is 1. The molecule has 1 heterocycles. The second-order valence-electron chi connectivity index (χ2n) is 4.23. The molecule has 94 valence electrons. The van der Waals surface area contributed by atoms with E-state index in [0.717, 1.165) is 0 Å². The Labute approximate surface area is 97.3 Å². The summed E-state index contributed by atoms with van der Waals surface area (Å²) in [5.74, 6) is 0.141. The van der Waals surface area contributed by atoms with Gasteiger partial charge in [0, 0.05) is 12.6 Å². The lowest BCUT2D eigenvalue weighted by atomic mass is 9.89. The van der Waals surface area contributed by atoms with Crippen molar-refractivity contribution in [3.63, 3.8) is 0 Å². The molecule has 0 spiro atoms. The van der Waals surface area contributed by atoms with Crippen molar-refractivity contribution < 1.29 is 5.11 Å². The first-order chi connectivity index (χ1) is 8.02. The minimum atomic E-state index is -0.515. The highest BCUT2D eigenvalue weighted by Crippen LogP contribution is 2.24. The second kappa shape index (κ2) is 4.25. The maximum absolute atomic E-state index is 11.6. The smallest absolute Gasteiger partial charge is 0.330 e. The highest BCUT2D eigenvalue weighted by Gasteiger charge is 2.28. The van der Waals surface area contributed by atoms with Crippen molar-refractivity contribution in [3.8, 4) is 0 Å². The van der Waals surface area contributed by atoms with Crippen LogP contribution in [0.4, 0.5) is 11.5 Å². The zero-order valence-corrected chi connectivity index (χ0v) is 9.56. The topological polar surface area (TPSA) is 113 Å². The van der Waals surface area contributed by atoms with Crippen molar-refractivity contribution in [2.75, 3.05) is 11.1 Å². The summed E-state index contributed by atoms with van der Waals surface area (Å²) in [6, 6.07) is 0.0382. The van der Waals surface area contributed by atoms with E-state index in [1.807, 2.05) is 0 Å². The highest BCUT2D eigenvalue weighted by molar-refractivity contribution is 5.61. The fourth-order valence-corrected chi connectivity index (χ4v) is 1.95. The lowest BCUT2D eigenvalue weighted by molar-refractivity contribution is 0.0836. The minimum Gasteiger partial charge on any atom is -0.393 e. The molecule has 5 N–H and O–H groups in total. The summed E-state index contributed by atoms with van der Waals surface area (Å²) in [6.07, 6.45) is 0.860. The SMILES string of the molecule is CCn1c(N)c(NC2CC(O)C2)c(=O)[nH]c1=O. The van der Waals surface area contributed by atoms with Crippen LogP contribution in [0.15, 0.2) is 9.59 Å². The molecule has 0 unspecified atom stereocenters. The van der Waals surface area contributed by atoms with Crippen LogP contribution in [0, 0.1) is 0 Å². The summed E-state index contributed by atoms with van der Waals surface area (Å²) < 4.78 is 1.29. The largest absolute Gasteiger partial charge is 0.393 e. The molecule has 0 aromatic carbocycles. The van der Waals surface area contributed by atoms with E-state index < -0.39 is 11.2 Å². The van der Waals surface area contributed by atoms with Crippen molar-refractivity contribution in [3.05, 3.63) is 20.8 Å². The van der Waals surface area contributed by atoms with Crippen LogP contribution in [-0.2, 0) is 6.54 Å². The summed E-state index contributed by atoms with van der Waals surface area (Å²) in [7, 11) is 0. The van der Waals surface area contributed by atoms with E-state index in [1.54, 1.807) is 6.92 Å². The van der Waals surface area contributed by atoms with Gasteiger partial charge in [-0.15, -0.1) is 0 Å². The van der Waals surface area contributed by atoms with E-state index in [1.165, 1.54) is 4.57 Å². The fourth-order valence-electron chi connectivity index (χ4n) is 1.95. The Hall–Kier alpha value is -1.76. The zero-order chi connectivity index (χ0) is 12.6. The molecule has 1 fully saturated rings. The van der Waals surface area contributed by atoms with Gasteiger partial charge in [-0.05, 0) is 19.8 Å². The van der Waals surface area contributed by atoms with Gasteiger partial charge in [0.15, 0.2) is 0 Å². The van der Waals surface area contributed by atoms with Gasteiger partial charge < -0.3 is 16.2 Å². The molecule has 7 nitrogen and oxygen atoms in total. The van der Waals surface area contributed by atoms with E-state index in [4.69, 9.17) is 10.8 Å². The number of aliphatic hydroxyl groups excluding tert-OH is 1. The Morgan fingerprint density at radius 2 is 2.18 bits per heavy atom. The molecule has 0 amide bonds. The number of nitrogens with zero attached hydrogens (tertiary/aromatic N) is 1. The van der Waals surface area contributed by atoms with Gasteiger partial charge in [-0.3, -0.25) is 14.3 Å². The summed E-state index contributed by atoms with van der Waals surface area (Å²) in [5.41, 5.74) is 4.97. The van der Waals surface area contributed by atoms with Crippen molar-refractivity contribution in [2.45, 2.75) is 38.5 Å². The second-order valence-corrected chi connectivity index (χ2v) is 4.23. The van der Waals surface area contributed by atoms with Crippen molar-refractivity contribution >= 4 is 11.5 Å². The predicted molar refractivity (Wildman–Crippen MR) is 64.1 cm³/mol. The van der Waals surface area contributed by atoms with Crippen LogP contribution < -0.4 is 22.3 Å². The van der Waals surface area contributed by atoms with Crippen molar-refractivity contribution in [1.82, 2.24) is 9.55 Å². The third-order valence-corrected chi connectivity index (χ3v) is 3.02. The molecular weight excluding hydrogens is 224 g/mol. The number of aromatic nitrogens is 2.